The third-order valence-electron chi connectivity index (χ3n) is 5.06. The van der Waals surface area contributed by atoms with Crippen LogP contribution in [0.3, 0.4) is 0 Å². The number of alkyl halides is 3. The highest BCUT2D eigenvalue weighted by molar-refractivity contribution is 7.12. The standard InChI is InChI=1S/C20H18F3N5S/c1-2-28-10-17(19(27-28)20(21,22)23)13-4-3-11(25)5-14(13)16-8-26-9-18-15(16)6-12(7-24)29-18/h3-6,10,16,26H,2,8-9,25H2,1H3. The molecule has 1 atom stereocenters. The van der Waals surface area contributed by atoms with E-state index in [4.69, 9.17) is 5.73 Å². The normalized spacial score (nSPS) is 16.4. The molecule has 3 aromatic rings. The van der Waals surface area contributed by atoms with Crippen LogP contribution in [-0.4, -0.2) is 16.3 Å². The highest BCUT2D eigenvalue weighted by atomic mass is 32.1. The number of fused-ring (bicyclic) bond motifs is 1. The zero-order valence-corrected chi connectivity index (χ0v) is 16.4. The van der Waals surface area contributed by atoms with E-state index in [0.29, 0.717) is 41.3 Å². The van der Waals surface area contributed by atoms with Crippen LogP contribution < -0.4 is 11.1 Å². The first-order valence-corrected chi connectivity index (χ1v) is 9.91. The molecule has 3 heterocycles. The van der Waals surface area contributed by atoms with E-state index in [1.54, 1.807) is 25.1 Å². The Morgan fingerprint density at radius 1 is 1.31 bits per heavy atom. The van der Waals surface area contributed by atoms with Gasteiger partial charge in [0.1, 0.15) is 10.9 Å². The molecule has 29 heavy (non-hydrogen) atoms. The second-order valence-corrected chi connectivity index (χ2v) is 8.01. The summed E-state index contributed by atoms with van der Waals surface area (Å²) in [5.74, 6) is -0.207. The number of halogens is 3. The topological polar surface area (TPSA) is 79.7 Å². The summed E-state index contributed by atoms with van der Waals surface area (Å²) in [6.07, 6.45) is -3.13. The largest absolute Gasteiger partial charge is 0.435 e. The van der Waals surface area contributed by atoms with Crippen molar-refractivity contribution in [2.45, 2.75) is 32.1 Å². The number of nitriles is 1. The minimum absolute atomic E-state index is 0.0391. The van der Waals surface area contributed by atoms with Gasteiger partial charge in [0, 0.05) is 47.9 Å². The second kappa shape index (κ2) is 7.21. The number of benzene rings is 1. The maximum Gasteiger partial charge on any atom is 0.435 e. The van der Waals surface area contributed by atoms with Gasteiger partial charge in [-0.3, -0.25) is 4.68 Å². The first-order valence-electron chi connectivity index (χ1n) is 9.09. The Bertz CT molecular complexity index is 1110. The molecule has 0 fully saturated rings. The Balaban J connectivity index is 1.92. The summed E-state index contributed by atoms with van der Waals surface area (Å²) in [5, 5.41) is 16.3. The van der Waals surface area contributed by atoms with E-state index in [-0.39, 0.29) is 11.5 Å². The number of nitrogens with two attached hydrogens (primary N) is 1. The first kappa shape index (κ1) is 19.5. The van der Waals surface area contributed by atoms with Crippen LogP contribution in [0.15, 0.2) is 30.5 Å². The lowest BCUT2D eigenvalue weighted by Crippen LogP contribution is -2.28. The van der Waals surface area contributed by atoms with Crippen LogP contribution in [0.4, 0.5) is 18.9 Å². The average molecular weight is 417 g/mol. The van der Waals surface area contributed by atoms with Crippen LogP contribution in [0.5, 0.6) is 0 Å². The summed E-state index contributed by atoms with van der Waals surface area (Å²) in [5.41, 5.74) is 7.73. The molecule has 1 aromatic carbocycles. The summed E-state index contributed by atoms with van der Waals surface area (Å²) in [6.45, 7) is 3.26. The molecule has 150 valence electrons. The van der Waals surface area contributed by atoms with Gasteiger partial charge < -0.3 is 11.1 Å². The molecule has 0 aliphatic carbocycles. The Hall–Kier alpha value is -2.83. The van der Waals surface area contributed by atoms with Crippen LogP contribution in [0, 0.1) is 11.3 Å². The minimum atomic E-state index is -4.57. The molecular formula is C20H18F3N5S. The van der Waals surface area contributed by atoms with Gasteiger partial charge in [-0.05, 0) is 41.8 Å². The van der Waals surface area contributed by atoms with Gasteiger partial charge in [0.25, 0.3) is 0 Å². The van der Waals surface area contributed by atoms with Crippen molar-refractivity contribution >= 4 is 17.0 Å². The number of hydrogen-bond acceptors (Lipinski definition) is 5. The quantitative estimate of drug-likeness (QED) is 0.622. The number of aryl methyl sites for hydroxylation is 1. The summed E-state index contributed by atoms with van der Waals surface area (Å²) < 4.78 is 42.3. The molecule has 9 heteroatoms. The smallest absolute Gasteiger partial charge is 0.399 e. The van der Waals surface area contributed by atoms with Gasteiger partial charge in [-0.2, -0.15) is 23.5 Å². The number of rotatable bonds is 3. The van der Waals surface area contributed by atoms with Gasteiger partial charge in [-0.1, -0.05) is 6.07 Å². The van der Waals surface area contributed by atoms with Crippen molar-refractivity contribution in [1.82, 2.24) is 15.1 Å². The van der Waals surface area contributed by atoms with Gasteiger partial charge in [0.2, 0.25) is 0 Å². The molecule has 0 saturated heterocycles. The molecule has 5 nitrogen and oxygen atoms in total. The number of nitrogen functional groups attached to an aromatic ring is 1. The van der Waals surface area contributed by atoms with Crippen LogP contribution >= 0.6 is 11.3 Å². The fourth-order valence-corrected chi connectivity index (χ4v) is 4.74. The van der Waals surface area contributed by atoms with Crippen molar-refractivity contribution in [3.05, 3.63) is 57.0 Å². The van der Waals surface area contributed by atoms with E-state index in [1.165, 1.54) is 22.2 Å². The van der Waals surface area contributed by atoms with Gasteiger partial charge in [-0.25, -0.2) is 0 Å². The van der Waals surface area contributed by atoms with Gasteiger partial charge >= 0.3 is 6.18 Å². The average Bonchev–Trinajstić information content (AvgIpc) is 3.31. The maximum atomic E-state index is 13.7. The highest BCUT2D eigenvalue weighted by Gasteiger charge is 2.38. The van der Waals surface area contributed by atoms with Crippen molar-refractivity contribution in [3.63, 3.8) is 0 Å². The van der Waals surface area contributed by atoms with Crippen LogP contribution in [0.2, 0.25) is 0 Å². The monoisotopic (exact) mass is 417 g/mol. The van der Waals surface area contributed by atoms with E-state index in [0.717, 1.165) is 10.4 Å². The summed E-state index contributed by atoms with van der Waals surface area (Å²) in [7, 11) is 0. The summed E-state index contributed by atoms with van der Waals surface area (Å²) >= 11 is 1.40. The maximum absolute atomic E-state index is 13.7. The van der Waals surface area contributed by atoms with E-state index < -0.39 is 11.9 Å². The zero-order chi connectivity index (χ0) is 20.8. The molecule has 0 amide bonds. The Labute approximate surface area is 169 Å². The Morgan fingerprint density at radius 2 is 2.10 bits per heavy atom. The predicted molar refractivity (Wildman–Crippen MR) is 105 cm³/mol. The SMILES string of the molecule is CCn1cc(-c2ccc(N)cc2C2CNCc3sc(C#N)cc32)c(C(F)(F)F)n1. The van der Waals surface area contributed by atoms with Gasteiger partial charge in [-0.15, -0.1) is 11.3 Å². The molecule has 4 rings (SSSR count). The molecular weight excluding hydrogens is 399 g/mol. The van der Waals surface area contributed by atoms with Crippen LogP contribution in [-0.2, 0) is 19.3 Å². The molecule has 3 N–H and O–H groups in total. The van der Waals surface area contributed by atoms with Crippen molar-refractivity contribution in [2.75, 3.05) is 12.3 Å². The van der Waals surface area contributed by atoms with Crippen molar-refractivity contribution in [2.24, 2.45) is 0 Å². The molecule has 0 bridgehead atoms. The summed E-state index contributed by atoms with van der Waals surface area (Å²) in [6, 6.07) is 8.95. The van der Waals surface area contributed by atoms with Crippen LogP contribution in [0.25, 0.3) is 11.1 Å². The number of anilines is 1. The van der Waals surface area contributed by atoms with E-state index in [9.17, 15) is 18.4 Å². The number of nitrogens with one attached hydrogen (secondary N) is 1. The lowest BCUT2D eigenvalue weighted by atomic mass is 9.84. The third kappa shape index (κ3) is 3.50. The van der Waals surface area contributed by atoms with E-state index in [2.05, 4.69) is 16.5 Å². The van der Waals surface area contributed by atoms with Crippen molar-refractivity contribution < 1.29 is 13.2 Å². The second-order valence-electron chi connectivity index (χ2n) is 6.88. The van der Waals surface area contributed by atoms with Gasteiger partial charge in [0.15, 0.2) is 5.69 Å². The summed E-state index contributed by atoms with van der Waals surface area (Å²) in [4.78, 5) is 1.61. The Kier molecular flexibility index (Phi) is 4.84. The molecule has 1 aliphatic heterocycles. The molecule has 2 aromatic heterocycles. The Morgan fingerprint density at radius 3 is 2.79 bits per heavy atom. The number of hydrogen-bond donors (Lipinski definition) is 2. The van der Waals surface area contributed by atoms with Crippen LogP contribution in [0.1, 0.15) is 39.4 Å². The number of thiophene rings is 1. The molecule has 0 saturated carbocycles. The zero-order valence-electron chi connectivity index (χ0n) is 15.5. The lowest BCUT2D eigenvalue weighted by molar-refractivity contribution is -0.141. The molecule has 1 unspecified atom stereocenters. The van der Waals surface area contributed by atoms with Crippen molar-refractivity contribution in [3.8, 4) is 17.2 Å². The number of aromatic nitrogens is 2. The molecule has 0 radical (unpaired) electrons. The molecule has 1 aliphatic rings. The predicted octanol–water partition coefficient (Wildman–Crippen LogP) is 4.34. The van der Waals surface area contributed by atoms with Crippen molar-refractivity contribution in [1.29, 1.82) is 5.26 Å². The highest BCUT2D eigenvalue weighted by Crippen LogP contribution is 2.43. The lowest BCUT2D eigenvalue weighted by Gasteiger charge is -2.26. The fraction of sp³-hybridized carbons (Fsp3) is 0.300. The van der Waals surface area contributed by atoms with Gasteiger partial charge in [0.05, 0.1) is 0 Å². The first-order chi connectivity index (χ1) is 13.8. The third-order valence-corrected chi connectivity index (χ3v) is 6.11. The fourth-order valence-electron chi connectivity index (χ4n) is 3.75. The number of nitrogens with zero attached hydrogens (tertiary/aromatic N) is 3. The minimum Gasteiger partial charge on any atom is -0.399 e. The van der Waals surface area contributed by atoms with E-state index >= 15 is 0 Å². The van der Waals surface area contributed by atoms with E-state index in [1.807, 2.05) is 6.07 Å². The molecule has 0 spiro atoms.